The van der Waals surface area contributed by atoms with Crippen LogP contribution in [0.15, 0.2) is 46.7 Å². The Morgan fingerprint density at radius 3 is 2.71 bits per heavy atom. The van der Waals surface area contributed by atoms with Crippen molar-refractivity contribution >= 4 is 22.4 Å². The van der Waals surface area contributed by atoms with Crippen molar-refractivity contribution in [3.63, 3.8) is 0 Å². The molecule has 0 saturated carbocycles. The molecule has 0 fully saturated rings. The molecule has 0 aliphatic rings. The first-order chi connectivity index (χ1) is 11.4. The van der Waals surface area contributed by atoms with Crippen LogP contribution in [0.25, 0.3) is 11.3 Å². The van der Waals surface area contributed by atoms with Gasteiger partial charge < -0.3 is 4.57 Å². The number of nitrogens with one attached hydrogen (secondary N) is 1. The molecule has 3 rings (SSSR count). The Labute approximate surface area is 139 Å². The van der Waals surface area contributed by atoms with Gasteiger partial charge in [-0.2, -0.15) is 0 Å². The van der Waals surface area contributed by atoms with Crippen LogP contribution >= 0.6 is 11.3 Å². The van der Waals surface area contributed by atoms with E-state index in [2.05, 4.69) is 10.3 Å². The van der Waals surface area contributed by atoms with Crippen molar-refractivity contribution in [3.05, 3.63) is 69.5 Å². The van der Waals surface area contributed by atoms with E-state index in [0.29, 0.717) is 16.4 Å². The Morgan fingerprint density at radius 1 is 1.21 bits per heavy atom. The molecule has 0 aliphatic heterocycles. The first kappa shape index (κ1) is 16.0. The minimum Gasteiger partial charge on any atom is -0.319 e. The van der Waals surface area contributed by atoms with Crippen LogP contribution in [-0.4, -0.2) is 15.5 Å². The molecule has 1 N–H and O–H groups in total. The van der Waals surface area contributed by atoms with Crippen molar-refractivity contribution in [2.24, 2.45) is 7.05 Å². The average Bonchev–Trinajstić information content (AvgIpc) is 3.01. The molecule has 0 bridgehead atoms. The van der Waals surface area contributed by atoms with Gasteiger partial charge in [-0.05, 0) is 24.3 Å². The predicted molar refractivity (Wildman–Crippen MR) is 87.1 cm³/mol. The number of halogens is 2. The number of thiazole rings is 1. The molecule has 0 radical (unpaired) electrons. The molecule has 5 nitrogen and oxygen atoms in total. The summed E-state index contributed by atoms with van der Waals surface area (Å²) in [5, 5.41) is 4.48. The molecule has 0 spiro atoms. The number of aryl methyl sites for hydroxylation is 1. The first-order valence-corrected chi connectivity index (χ1v) is 7.71. The van der Waals surface area contributed by atoms with E-state index in [4.69, 9.17) is 0 Å². The highest BCUT2D eigenvalue weighted by Gasteiger charge is 2.12. The van der Waals surface area contributed by atoms with Gasteiger partial charge in [0.05, 0.1) is 5.69 Å². The van der Waals surface area contributed by atoms with Crippen LogP contribution in [0, 0.1) is 11.6 Å². The molecule has 0 unspecified atom stereocenters. The maximum Gasteiger partial charge on any atom is 0.257 e. The molecule has 8 heteroatoms. The van der Waals surface area contributed by atoms with Crippen LogP contribution in [0.4, 0.5) is 13.9 Å². The maximum atomic E-state index is 13.3. The topological polar surface area (TPSA) is 64.0 Å². The van der Waals surface area contributed by atoms with Crippen LogP contribution in [0.1, 0.15) is 10.4 Å². The Hall–Kier alpha value is -2.87. The van der Waals surface area contributed by atoms with Crippen LogP contribution < -0.4 is 10.9 Å². The average molecular weight is 347 g/mol. The van der Waals surface area contributed by atoms with E-state index in [0.717, 1.165) is 23.5 Å². The third kappa shape index (κ3) is 3.23. The summed E-state index contributed by atoms with van der Waals surface area (Å²) in [6, 6.07) is 6.19. The summed E-state index contributed by atoms with van der Waals surface area (Å²) in [7, 11) is 1.58. The van der Waals surface area contributed by atoms with Crippen molar-refractivity contribution in [1.29, 1.82) is 0 Å². The summed E-state index contributed by atoms with van der Waals surface area (Å²) >= 11 is 1.14. The first-order valence-electron chi connectivity index (χ1n) is 6.83. The van der Waals surface area contributed by atoms with Crippen LogP contribution in [0.3, 0.4) is 0 Å². The number of anilines is 1. The Morgan fingerprint density at radius 2 is 2.00 bits per heavy atom. The second-order valence-corrected chi connectivity index (χ2v) is 5.84. The minimum absolute atomic E-state index is 0.211. The number of hydrogen-bond donors (Lipinski definition) is 1. The zero-order valence-electron chi connectivity index (χ0n) is 12.4. The van der Waals surface area contributed by atoms with Gasteiger partial charge in [0.15, 0.2) is 16.8 Å². The minimum atomic E-state index is -0.966. The fraction of sp³-hybridized carbons (Fsp3) is 0.0625. The van der Waals surface area contributed by atoms with Crippen molar-refractivity contribution in [1.82, 2.24) is 9.55 Å². The third-order valence-electron chi connectivity index (χ3n) is 3.31. The number of rotatable bonds is 3. The normalized spacial score (nSPS) is 10.6. The zero-order valence-corrected chi connectivity index (χ0v) is 13.2. The lowest BCUT2D eigenvalue weighted by Crippen LogP contribution is -2.19. The second-order valence-electron chi connectivity index (χ2n) is 4.99. The summed E-state index contributed by atoms with van der Waals surface area (Å²) in [4.78, 5) is 27.8. The molecule has 2 heterocycles. The van der Waals surface area contributed by atoms with E-state index >= 15 is 0 Å². The lowest BCUT2D eigenvalue weighted by molar-refractivity contribution is 0.102. The Kier molecular flexibility index (Phi) is 4.22. The maximum absolute atomic E-state index is 13.3. The fourth-order valence-corrected chi connectivity index (χ4v) is 2.69. The number of amides is 1. The molecular formula is C16H11F2N3O2S. The van der Waals surface area contributed by atoms with Gasteiger partial charge in [0.25, 0.3) is 11.5 Å². The van der Waals surface area contributed by atoms with Gasteiger partial charge in [0, 0.05) is 35.8 Å². The molecule has 0 atom stereocenters. The summed E-state index contributed by atoms with van der Waals surface area (Å²) in [5.41, 5.74) is 0.726. The van der Waals surface area contributed by atoms with Crippen molar-refractivity contribution < 1.29 is 13.6 Å². The highest BCUT2D eigenvalue weighted by molar-refractivity contribution is 7.14. The highest BCUT2D eigenvalue weighted by atomic mass is 32.1. The van der Waals surface area contributed by atoms with Crippen molar-refractivity contribution in [3.8, 4) is 11.3 Å². The number of hydrogen-bond acceptors (Lipinski definition) is 4. The van der Waals surface area contributed by atoms with Gasteiger partial charge in [0.2, 0.25) is 0 Å². The quantitative estimate of drug-likeness (QED) is 0.792. The van der Waals surface area contributed by atoms with Gasteiger partial charge in [-0.15, -0.1) is 11.3 Å². The molecule has 24 heavy (non-hydrogen) atoms. The summed E-state index contributed by atoms with van der Waals surface area (Å²) in [5.74, 6) is -2.38. The molecule has 122 valence electrons. The van der Waals surface area contributed by atoms with Crippen LogP contribution in [0.2, 0.25) is 0 Å². The summed E-state index contributed by atoms with van der Waals surface area (Å²) in [6.07, 6.45) is 1.49. The molecule has 1 amide bonds. The largest absolute Gasteiger partial charge is 0.319 e. The number of aromatic nitrogens is 2. The number of carbonyl (C=O) groups excluding carboxylic acids is 1. The molecule has 2 aromatic heterocycles. The van der Waals surface area contributed by atoms with E-state index in [1.54, 1.807) is 12.4 Å². The summed E-state index contributed by atoms with van der Waals surface area (Å²) < 4.78 is 27.6. The van der Waals surface area contributed by atoms with Crippen LogP contribution in [0.5, 0.6) is 0 Å². The fourth-order valence-electron chi connectivity index (χ4n) is 1.98. The molecule has 0 saturated heterocycles. The van der Waals surface area contributed by atoms with Crippen LogP contribution in [-0.2, 0) is 7.05 Å². The highest BCUT2D eigenvalue weighted by Crippen LogP contribution is 2.26. The SMILES string of the molecule is Cn1ccc(C(=O)Nc2nc(-c3ccc(F)c(F)c3)cs2)cc1=O. The smallest absolute Gasteiger partial charge is 0.257 e. The number of pyridine rings is 1. The van der Waals surface area contributed by atoms with Gasteiger partial charge in [-0.3, -0.25) is 14.9 Å². The number of nitrogens with zero attached hydrogens (tertiary/aromatic N) is 2. The van der Waals surface area contributed by atoms with E-state index < -0.39 is 17.5 Å². The van der Waals surface area contributed by atoms with Gasteiger partial charge in [-0.1, -0.05) is 0 Å². The van der Waals surface area contributed by atoms with E-state index in [1.807, 2.05) is 0 Å². The summed E-state index contributed by atoms with van der Waals surface area (Å²) in [6.45, 7) is 0. The lowest BCUT2D eigenvalue weighted by atomic mass is 10.2. The molecule has 3 aromatic rings. The Balaban J connectivity index is 1.80. The zero-order chi connectivity index (χ0) is 17.3. The number of carbonyl (C=O) groups is 1. The Bertz CT molecular complexity index is 981. The second kappa shape index (κ2) is 6.32. The third-order valence-corrected chi connectivity index (χ3v) is 4.06. The lowest BCUT2D eigenvalue weighted by Gasteiger charge is -2.02. The van der Waals surface area contributed by atoms with E-state index in [1.165, 1.54) is 29.0 Å². The predicted octanol–water partition coefficient (Wildman–Crippen LogP) is 3.04. The van der Waals surface area contributed by atoms with E-state index in [-0.39, 0.29) is 11.1 Å². The van der Waals surface area contributed by atoms with E-state index in [9.17, 15) is 18.4 Å². The van der Waals surface area contributed by atoms with Crippen molar-refractivity contribution in [2.45, 2.75) is 0 Å². The van der Waals surface area contributed by atoms with Gasteiger partial charge in [0.1, 0.15) is 0 Å². The standard InChI is InChI=1S/C16H11F2N3O2S/c1-21-5-4-10(7-14(21)22)15(23)20-16-19-13(8-24-16)9-2-3-11(17)12(18)6-9/h2-8H,1H3,(H,19,20,23). The van der Waals surface area contributed by atoms with Gasteiger partial charge >= 0.3 is 0 Å². The molecule has 1 aromatic carbocycles. The monoisotopic (exact) mass is 347 g/mol. The van der Waals surface area contributed by atoms with Gasteiger partial charge in [-0.25, -0.2) is 13.8 Å². The molecule has 0 aliphatic carbocycles. The number of benzene rings is 1. The molecular weight excluding hydrogens is 336 g/mol. The van der Waals surface area contributed by atoms with Crippen molar-refractivity contribution in [2.75, 3.05) is 5.32 Å².